The Morgan fingerprint density at radius 3 is 2.71 bits per heavy atom. The molecular weight excluding hydrogens is 268 g/mol. The minimum absolute atomic E-state index is 0.0688. The SMILES string of the molecule is Cc1nc([C@@H](C)Nc2cc(C3CC(N)C3)nc(N)n2)n[nH]1. The first kappa shape index (κ1) is 13.7. The predicted octanol–water partition coefficient (Wildman–Crippen LogP) is 0.863. The fourth-order valence-corrected chi connectivity index (χ4v) is 2.51. The van der Waals surface area contributed by atoms with Gasteiger partial charge in [0.1, 0.15) is 11.6 Å². The summed E-state index contributed by atoms with van der Waals surface area (Å²) in [6.45, 7) is 3.84. The normalized spacial score (nSPS) is 22.6. The second-order valence-electron chi connectivity index (χ2n) is 5.61. The van der Waals surface area contributed by atoms with E-state index in [9.17, 15) is 0 Å². The van der Waals surface area contributed by atoms with E-state index in [-0.39, 0.29) is 18.0 Å². The maximum atomic E-state index is 5.83. The molecule has 6 N–H and O–H groups in total. The molecule has 0 radical (unpaired) electrons. The Morgan fingerprint density at radius 2 is 2.10 bits per heavy atom. The Bertz CT molecular complexity index is 631. The molecule has 1 aliphatic rings. The summed E-state index contributed by atoms with van der Waals surface area (Å²) in [5.41, 5.74) is 12.6. The van der Waals surface area contributed by atoms with E-state index in [1.54, 1.807) is 0 Å². The molecule has 2 aromatic heterocycles. The molecule has 112 valence electrons. The molecular formula is C13H20N8. The van der Waals surface area contributed by atoms with Crippen LogP contribution in [0.1, 0.15) is 49.1 Å². The van der Waals surface area contributed by atoms with Crippen LogP contribution in [-0.2, 0) is 0 Å². The lowest BCUT2D eigenvalue weighted by atomic mass is 9.78. The molecule has 21 heavy (non-hydrogen) atoms. The van der Waals surface area contributed by atoms with E-state index in [0.717, 1.165) is 24.4 Å². The third-order valence-corrected chi connectivity index (χ3v) is 3.72. The predicted molar refractivity (Wildman–Crippen MR) is 79.6 cm³/mol. The number of rotatable bonds is 4. The number of hydrogen-bond acceptors (Lipinski definition) is 7. The lowest BCUT2D eigenvalue weighted by Gasteiger charge is -2.32. The van der Waals surface area contributed by atoms with Crippen LogP contribution in [0.15, 0.2) is 6.07 Å². The van der Waals surface area contributed by atoms with E-state index in [4.69, 9.17) is 11.5 Å². The van der Waals surface area contributed by atoms with Crippen molar-refractivity contribution in [1.29, 1.82) is 0 Å². The molecule has 0 spiro atoms. The van der Waals surface area contributed by atoms with Crippen molar-refractivity contribution in [2.45, 2.75) is 44.7 Å². The number of H-pyrrole nitrogens is 1. The first-order valence-corrected chi connectivity index (χ1v) is 7.06. The molecule has 2 aromatic rings. The number of nitrogens with zero attached hydrogens (tertiary/aromatic N) is 4. The lowest BCUT2D eigenvalue weighted by molar-refractivity contribution is 0.345. The zero-order valence-electron chi connectivity index (χ0n) is 12.2. The van der Waals surface area contributed by atoms with Crippen molar-refractivity contribution in [1.82, 2.24) is 25.1 Å². The summed E-state index contributed by atoms with van der Waals surface area (Å²) in [4.78, 5) is 12.8. The van der Waals surface area contributed by atoms with Crippen LogP contribution in [0.4, 0.5) is 11.8 Å². The van der Waals surface area contributed by atoms with Crippen molar-refractivity contribution < 1.29 is 0 Å². The van der Waals surface area contributed by atoms with Crippen LogP contribution in [0, 0.1) is 6.92 Å². The zero-order valence-corrected chi connectivity index (χ0v) is 12.2. The van der Waals surface area contributed by atoms with Gasteiger partial charge in [0, 0.05) is 18.0 Å². The second kappa shape index (κ2) is 5.28. The average molecular weight is 288 g/mol. The van der Waals surface area contributed by atoms with Crippen molar-refractivity contribution in [3.8, 4) is 0 Å². The van der Waals surface area contributed by atoms with Crippen LogP contribution in [0.5, 0.6) is 0 Å². The summed E-state index contributed by atoms with van der Waals surface area (Å²) in [5.74, 6) is 2.82. The van der Waals surface area contributed by atoms with Crippen molar-refractivity contribution in [3.05, 3.63) is 23.4 Å². The van der Waals surface area contributed by atoms with Crippen LogP contribution in [0.3, 0.4) is 0 Å². The van der Waals surface area contributed by atoms with Crippen molar-refractivity contribution in [2.75, 3.05) is 11.1 Å². The Morgan fingerprint density at radius 1 is 1.33 bits per heavy atom. The number of aryl methyl sites for hydroxylation is 1. The average Bonchev–Trinajstić information content (AvgIpc) is 2.81. The lowest BCUT2D eigenvalue weighted by Crippen LogP contribution is -2.35. The fourth-order valence-electron chi connectivity index (χ4n) is 2.51. The van der Waals surface area contributed by atoms with Gasteiger partial charge in [0.05, 0.1) is 11.7 Å². The molecule has 1 atom stereocenters. The third-order valence-electron chi connectivity index (χ3n) is 3.72. The van der Waals surface area contributed by atoms with Crippen LogP contribution in [0.25, 0.3) is 0 Å². The Balaban J connectivity index is 1.75. The van der Waals surface area contributed by atoms with Crippen LogP contribution < -0.4 is 16.8 Å². The quantitative estimate of drug-likeness (QED) is 0.656. The van der Waals surface area contributed by atoms with Gasteiger partial charge in [-0.3, -0.25) is 5.10 Å². The number of hydrogen-bond donors (Lipinski definition) is 4. The molecule has 0 saturated heterocycles. The molecule has 0 unspecified atom stereocenters. The minimum Gasteiger partial charge on any atom is -0.368 e. The van der Waals surface area contributed by atoms with Gasteiger partial charge in [0.2, 0.25) is 5.95 Å². The van der Waals surface area contributed by atoms with E-state index in [1.807, 2.05) is 19.9 Å². The molecule has 0 amide bonds. The maximum Gasteiger partial charge on any atom is 0.222 e. The Kier molecular flexibility index (Phi) is 3.46. The van der Waals surface area contributed by atoms with Crippen LogP contribution >= 0.6 is 0 Å². The molecule has 0 aromatic carbocycles. The van der Waals surface area contributed by atoms with Gasteiger partial charge < -0.3 is 16.8 Å². The Hall–Kier alpha value is -2.22. The third kappa shape index (κ3) is 2.94. The van der Waals surface area contributed by atoms with E-state index in [1.165, 1.54) is 0 Å². The van der Waals surface area contributed by atoms with E-state index in [0.29, 0.717) is 17.6 Å². The van der Waals surface area contributed by atoms with E-state index < -0.39 is 0 Å². The molecule has 0 bridgehead atoms. The maximum absolute atomic E-state index is 5.83. The molecule has 2 heterocycles. The summed E-state index contributed by atoms with van der Waals surface area (Å²) in [6, 6.07) is 2.14. The Labute approximate surface area is 122 Å². The summed E-state index contributed by atoms with van der Waals surface area (Å²) in [5, 5.41) is 10.2. The van der Waals surface area contributed by atoms with Gasteiger partial charge in [-0.15, -0.1) is 0 Å². The van der Waals surface area contributed by atoms with Gasteiger partial charge in [0.25, 0.3) is 0 Å². The van der Waals surface area contributed by atoms with Gasteiger partial charge >= 0.3 is 0 Å². The largest absolute Gasteiger partial charge is 0.368 e. The second-order valence-corrected chi connectivity index (χ2v) is 5.61. The molecule has 1 saturated carbocycles. The van der Waals surface area contributed by atoms with Crippen LogP contribution in [-0.4, -0.2) is 31.2 Å². The summed E-state index contributed by atoms with van der Waals surface area (Å²) >= 11 is 0. The highest BCUT2D eigenvalue weighted by atomic mass is 15.2. The van der Waals surface area contributed by atoms with Gasteiger partial charge in [-0.1, -0.05) is 0 Å². The summed E-state index contributed by atoms with van der Waals surface area (Å²) in [7, 11) is 0. The van der Waals surface area contributed by atoms with E-state index >= 15 is 0 Å². The number of nitrogens with one attached hydrogen (secondary N) is 2. The van der Waals surface area contributed by atoms with Crippen molar-refractivity contribution in [3.63, 3.8) is 0 Å². The number of aromatic amines is 1. The van der Waals surface area contributed by atoms with Gasteiger partial charge in [0.15, 0.2) is 5.82 Å². The highest BCUT2D eigenvalue weighted by molar-refractivity contribution is 5.43. The standard InChI is InChI=1S/C13H20N8/c1-6(12-17-7(2)20-21-12)16-11-5-10(18-13(15)19-11)8-3-9(14)4-8/h5-6,8-9H,3-4,14H2,1-2H3,(H,17,20,21)(H3,15,16,18,19)/t6-,8?,9?/m1/s1. The van der Waals surface area contributed by atoms with Gasteiger partial charge in [-0.25, -0.2) is 9.97 Å². The zero-order chi connectivity index (χ0) is 15.0. The molecule has 8 heteroatoms. The van der Waals surface area contributed by atoms with E-state index in [2.05, 4.69) is 30.5 Å². The van der Waals surface area contributed by atoms with Gasteiger partial charge in [-0.2, -0.15) is 10.1 Å². The first-order chi connectivity index (χ1) is 10.0. The number of aromatic nitrogens is 5. The highest BCUT2D eigenvalue weighted by Crippen LogP contribution is 2.35. The molecule has 8 nitrogen and oxygen atoms in total. The summed E-state index contributed by atoms with van der Waals surface area (Å²) < 4.78 is 0. The van der Waals surface area contributed by atoms with Crippen molar-refractivity contribution in [2.24, 2.45) is 5.73 Å². The van der Waals surface area contributed by atoms with Crippen molar-refractivity contribution >= 4 is 11.8 Å². The number of nitrogen functional groups attached to an aromatic ring is 1. The topological polar surface area (TPSA) is 131 Å². The minimum atomic E-state index is -0.0688. The molecule has 1 fully saturated rings. The highest BCUT2D eigenvalue weighted by Gasteiger charge is 2.29. The molecule has 0 aliphatic heterocycles. The first-order valence-electron chi connectivity index (χ1n) is 7.06. The van der Waals surface area contributed by atoms with Crippen LogP contribution in [0.2, 0.25) is 0 Å². The summed E-state index contributed by atoms with van der Waals surface area (Å²) in [6.07, 6.45) is 1.90. The fraction of sp³-hybridized carbons (Fsp3) is 0.538. The number of nitrogens with two attached hydrogens (primary N) is 2. The molecule has 3 rings (SSSR count). The number of anilines is 2. The smallest absolute Gasteiger partial charge is 0.222 e. The monoisotopic (exact) mass is 288 g/mol. The molecule has 1 aliphatic carbocycles. The van der Waals surface area contributed by atoms with Gasteiger partial charge in [-0.05, 0) is 26.7 Å².